The smallest absolute Gasteiger partial charge is 0.0632 e. The Kier molecular flexibility index (Phi) is 12.9. The Bertz CT molecular complexity index is 2840. The number of rotatable bonds is 6. The second-order valence-corrected chi connectivity index (χ2v) is 14.3. The van der Waals surface area contributed by atoms with Gasteiger partial charge in [-0.15, -0.1) is 0 Å². The third kappa shape index (κ3) is 9.44. The fourth-order valence-corrected chi connectivity index (χ4v) is 7.28. The van der Waals surface area contributed by atoms with Crippen LogP contribution in [-0.2, 0) is 13.1 Å². The van der Waals surface area contributed by atoms with Crippen LogP contribution in [0.15, 0.2) is 205 Å². The summed E-state index contributed by atoms with van der Waals surface area (Å²) < 4.78 is 0. The van der Waals surface area contributed by atoms with Crippen molar-refractivity contribution in [1.29, 1.82) is 0 Å². The van der Waals surface area contributed by atoms with Gasteiger partial charge in [-0.3, -0.25) is 9.98 Å². The van der Waals surface area contributed by atoms with E-state index in [9.17, 15) is 0 Å². The Balaban J connectivity index is 0.000000285. The summed E-state index contributed by atoms with van der Waals surface area (Å²) in [6, 6.07) is 57.1. The lowest BCUT2D eigenvalue weighted by atomic mass is 9.90. The highest BCUT2D eigenvalue weighted by Crippen LogP contribution is 2.37. The van der Waals surface area contributed by atoms with Gasteiger partial charge in [0, 0.05) is 29.9 Å². The highest BCUT2D eigenvalue weighted by atomic mass is 14.7. The maximum absolute atomic E-state index is 6.78. The lowest BCUT2D eigenvalue weighted by molar-refractivity contribution is 1.07. The molecule has 7 aromatic carbocycles. The molecule has 1 aromatic heterocycles. The molecule has 9 rings (SSSR count). The molecule has 0 saturated carbocycles. The average molecular weight is 753 g/mol. The van der Waals surface area contributed by atoms with E-state index in [1.165, 1.54) is 49.4 Å². The second kappa shape index (κ2) is 19.1. The SMILES string of the molecule is C=NCc1cc(-c2ccc(/C(N)=c3\cncc\c3=C3/C=CC=CC3)cc2)cc(-c2cc3ccccc3c3ccccc23)c1.Cc1ccccc1.NCc1ccccc1. The Morgan fingerprint density at radius 3 is 1.98 bits per heavy atom. The first-order valence-corrected chi connectivity index (χ1v) is 19.6. The van der Waals surface area contributed by atoms with Gasteiger partial charge >= 0.3 is 0 Å². The van der Waals surface area contributed by atoms with Crippen LogP contribution < -0.4 is 21.9 Å². The number of allylic oxidation sites excluding steroid dienone is 4. The summed E-state index contributed by atoms with van der Waals surface area (Å²) in [6.07, 6.45) is 13.0. The zero-order chi connectivity index (χ0) is 40.1. The molecule has 0 atom stereocenters. The number of nitrogens with zero attached hydrogens (tertiary/aromatic N) is 2. The maximum Gasteiger partial charge on any atom is 0.0632 e. The number of benzene rings is 7. The van der Waals surface area contributed by atoms with Crippen LogP contribution in [0.5, 0.6) is 0 Å². The van der Waals surface area contributed by atoms with E-state index in [4.69, 9.17) is 11.5 Å². The highest BCUT2D eigenvalue weighted by Gasteiger charge is 2.12. The van der Waals surface area contributed by atoms with E-state index >= 15 is 0 Å². The van der Waals surface area contributed by atoms with Crippen LogP contribution in [0.25, 0.3) is 55.1 Å². The lowest BCUT2D eigenvalue weighted by Gasteiger charge is -2.14. The molecular weight excluding hydrogens is 705 g/mol. The van der Waals surface area contributed by atoms with Gasteiger partial charge in [0.25, 0.3) is 0 Å². The van der Waals surface area contributed by atoms with Crippen LogP contribution in [0.2, 0.25) is 0 Å². The minimum atomic E-state index is 0.553. The third-order valence-electron chi connectivity index (χ3n) is 10.3. The number of hydrogen-bond acceptors (Lipinski definition) is 4. The molecule has 4 nitrogen and oxygen atoms in total. The number of aliphatic imine (C=N–C) groups is 1. The van der Waals surface area contributed by atoms with E-state index < -0.39 is 0 Å². The van der Waals surface area contributed by atoms with Crippen LogP contribution in [0.4, 0.5) is 0 Å². The molecule has 4 heteroatoms. The van der Waals surface area contributed by atoms with Gasteiger partial charge in [-0.2, -0.15) is 0 Å². The van der Waals surface area contributed by atoms with Gasteiger partial charge in [0.1, 0.15) is 0 Å². The van der Waals surface area contributed by atoms with E-state index in [1.54, 1.807) is 0 Å². The molecule has 1 aliphatic rings. The number of aryl methyl sites for hydroxylation is 1. The largest absolute Gasteiger partial charge is 0.398 e. The standard InChI is InChI=1S/C40H31N3.C7H9N.C7H8/c1-42-25-27-21-32(23-33(22-27)38-24-31-11-5-6-12-34(31)36-13-7-8-14-37(36)38)28-15-17-30(18-16-28)40(41)39-26-43-20-19-35(39)29-9-3-2-4-10-29;8-6-7-4-2-1-3-5-7;1-7-5-3-2-4-6-7/h2-9,11-24,26H,1,10,25,41H2;1-5H,6,8H2;2-6H,1H3/b35-29-,40-39-;;. The van der Waals surface area contributed by atoms with Crippen molar-refractivity contribution in [1.82, 2.24) is 4.98 Å². The molecule has 1 heterocycles. The Morgan fingerprint density at radius 1 is 0.655 bits per heavy atom. The lowest BCUT2D eigenvalue weighted by Crippen LogP contribution is -2.32. The van der Waals surface area contributed by atoms with Crippen LogP contribution >= 0.6 is 0 Å². The fraction of sp³-hybridized carbons (Fsp3) is 0.0741. The van der Waals surface area contributed by atoms with Crippen molar-refractivity contribution in [2.75, 3.05) is 0 Å². The Hall–Kier alpha value is -7.14. The first-order chi connectivity index (χ1) is 28.5. The van der Waals surface area contributed by atoms with Gasteiger partial charge in [-0.25, -0.2) is 0 Å². The van der Waals surface area contributed by atoms with Crippen molar-refractivity contribution >= 4 is 39.5 Å². The molecule has 58 heavy (non-hydrogen) atoms. The minimum Gasteiger partial charge on any atom is -0.398 e. The molecule has 0 radical (unpaired) electrons. The normalized spacial score (nSPS) is 13.2. The van der Waals surface area contributed by atoms with E-state index in [-0.39, 0.29) is 0 Å². The number of nitrogens with two attached hydrogens (primary N) is 2. The Morgan fingerprint density at radius 2 is 1.33 bits per heavy atom. The Labute approximate surface area is 341 Å². The molecular formula is C54H48N4. The highest BCUT2D eigenvalue weighted by molar-refractivity contribution is 6.13. The summed E-state index contributed by atoms with van der Waals surface area (Å²) in [7, 11) is 0. The molecule has 0 unspecified atom stereocenters. The van der Waals surface area contributed by atoms with Crippen molar-refractivity contribution in [2.24, 2.45) is 16.5 Å². The van der Waals surface area contributed by atoms with Gasteiger partial charge in [0.15, 0.2) is 0 Å². The molecule has 0 amide bonds. The maximum atomic E-state index is 6.78. The fourth-order valence-electron chi connectivity index (χ4n) is 7.28. The zero-order valence-corrected chi connectivity index (χ0v) is 32.9. The molecule has 0 spiro atoms. The van der Waals surface area contributed by atoms with Gasteiger partial charge < -0.3 is 11.5 Å². The predicted octanol–water partition coefficient (Wildman–Crippen LogP) is 10.8. The molecule has 0 saturated heterocycles. The summed E-state index contributed by atoms with van der Waals surface area (Å²) >= 11 is 0. The molecule has 0 aliphatic heterocycles. The quantitative estimate of drug-likeness (QED) is 0.131. The molecule has 4 N–H and O–H groups in total. The summed E-state index contributed by atoms with van der Waals surface area (Å²) in [5.41, 5.74) is 23.3. The molecule has 8 aromatic rings. The predicted molar refractivity (Wildman–Crippen MR) is 248 cm³/mol. The number of aromatic nitrogens is 1. The molecule has 1 aliphatic carbocycles. The van der Waals surface area contributed by atoms with Crippen molar-refractivity contribution < 1.29 is 0 Å². The van der Waals surface area contributed by atoms with Crippen molar-refractivity contribution in [3.8, 4) is 22.3 Å². The van der Waals surface area contributed by atoms with Gasteiger partial charge in [-0.05, 0) is 122 Å². The van der Waals surface area contributed by atoms with Crippen LogP contribution in [0, 0.1) is 6.92 Å². The number of fused-ring (bicyclic) bond motifs is 3. The first-order valence-electron chi connectivity index (χ1n) is 19.6. The van der Waals surface area contributed by atoms with E-state index in [1.807, 2.05) is 67.0 Å². The average Bonchev–Trinajstić information content (AvgIpc) is 3.30. The van der Waals surface area contributed by atoms with Gasteiger partial charge in [-0.1, -0.05) is 163 Å². The monoisotopic (exact) mass is 752 g/mol. The van der Waals surface area contributed by atoms with E-state index in [0.29, 0.717) is 13.1 Å². The van der Waals surface area contributed by atoms with Crippen LogP contribution in [-0.4, -0.2) is 11.7 Å². The van der Waals surface area contributed by atoms with Crippen LogP contribution in [0.3, 0.4) is 0 Å². The van der Waals surface area contributed by atoms with Crippen molar-refractivity contribution in [3.05, 3.63) is 233 Å². The molecule has 0 fully saturated rings. The number of pyridine rings is 1. The summed E-state index contributed by atoms with van der Waals surface area (Å²) in [5.74, 6) is 0. The zero-order valence-electron chi connectivity index (χ0n) is 32.9. The molecule has 284 valence electrons. The van der Waals surface area contributed by atoms with Crippen molar-refractivity contribution in [3.63, 3.8) is 0 Å². The third-order valence-corrected chi connectivity index (χ3v) is 10.3. The molecule has 0 bridgehead atoms. The van der Waals surface area contributed by atoms with Crippen molar-refractivity contribution in [2.45, 2.75) is 26.4 Å². The van der Waals surface area contributed by atoms with Gasteiger partial charge in [0.2, 0.25) is 0 Å². The van der Waals surface area contributed by atoms with Crippen LogP contribution in [0.1, 0.15) is 28.7 Å². The first kappa shape index (κ1) is 39.1. The van der Waals surface area contributed by atoms with Gasteiger partial charge in [0.05, 0.1) is 6.54 Å². The van der Waals surface area contributed by atoms with E-state index in [2.05, 4.69) is 157 Å². The topological polar surface area (TPSA) is 77.3 Å². The minimum absolute atomic E-state index is 0.553. The summed E-state index contributed by atoms with van der Waals surface area (Å²) in [6.45, 7) is 7.05. The second-order valence-electron chi connectivity index (χ2n) is 14.3. The summed E-state index contributed by atoms with van der Waals surface area (Å²) in [5, 5.41) is 7.06. The summed E-state index contributed by atoms with van der Waals surface area (Å²) in [4.78, 5) is 8.61. The van der Waals surface area contributed by atoms with E-state index in [0.717, 1.165) is 44.8 Å². The number of hydrogen-bond donors (Lipinski definition) is 2.